The van der Waals surface area contributed by atoms with Crippen molar-refractivity contribution < 1.29 is 18.9 Å². The summed E-state index contributed by atoms with van der Waals surface area (Å²) in [4.78, 5) is 0. The Kier molecular flexibility index (Phi) is 6.15. The first kappa shape index (κ1) is 17.0. The Hall–Kier alpha value is -2.36. The van der Waals surface area contributed by atoms with Gasteiger partial charge in [0.2, 0.25) is 0 Å². The van der Waals surface area contributed by atoms with Gasteiger partial charge in [0.1, 0.15) is 0 Å². The Bertz CT molecular complexity index is 637. The zero-order valence-corrected chi connectivity index (χ0v) is 14.1. The van der Waals surface area contributed by atoms with Crippen molar-refractivity contribution in [3.8, 4) is 23.0 Å². The van der Waals surface area contributed by atoms with E-state index in [1.807, 2.05) is 30.3 Å². The summed E-state index contributed by atoms with van der Waals surface area (Å²) in [5, 5.41) is 0. The van der Waals surface area contributed by atoms with Crippen LogP contribution >= 0.6 is 0 Å². The second-order valence-corrected chi connectivity index (χ2v) is 5.01. The molecule has 23 heavy (non-hydrogen) atoms. The summed E-state index contributed by atoms with van der Waals surface area (Å²) in [6.45, 7) is 0. The zero-order chi connectivity index (χ0) is 16.7. The molecule has 1 radical (unpaired) electrons. The van der Waals surface area contributed by atoms with E-state index in [1.165, 1.54) is 5.56 Å². The Morgan fingerprint density at radius 3 is 2.17 bits per heavy atom. The molecule has 123 valence electrons. The lowest BCUT2D eigenvalue weighted by Crippen LogP contribution is -1.96. The maximum absolute atomic E-state index is 5.44. The van der Waals surface area contributed by atoms with Crippen molar-refractivity contribution >= 4 is 0 Å². The molecule has 0 aliphatic heterocycles. The molecular formula is C19H23O4. The third-order valence-electron chi connectivity index (χ3n) is 3.68. The van der Waals surface area contributed by atoms with E-state index in [0.717, 1.165) is 41.4 Å². The Morgan fingerprint density at radius 2 is 1.52 bits per heavy atom. The number of hydrogen-bond donors (Lipinski definition) is 0. The zero-order valence-electron chi connectivity index (χ0n) is 14.1. The molecule has 2 rings (SSSR count). The minimum absolute atomic E-state index is 0.743. The minimum atomic E-state index is 0.743. The fraction of sp³-hybridized carbons (Fsp3) is 0.316. The highest BCUT2D eigenvalue weighted by Crippen LogP contribution is 2.33. The SMILES string of the molecule is COc1ccc(CC[CH]c2cccc(OC)c2OC)cc1OC. The second kappa shape index (κ2) is 8.32. The highest BCUT2D eigenvalue weighted by molar-refractivity contribution is 5.50. The predicted octanol–water partition coefficient (Wildman–Crippen LogP) is 3.91. The molecular weight excluding hydrogens is 292 g/mol. The maximum atomic E-state index is 5.44. The average Bonchev–Trinajstić information content (AvgIpc) is 2.61. The molecule has 2 aromatic carbocycles. The van der Waals surface area contributed by atoms with Gasteiger partial charge >= 0.3 is 0 Å². The van der Waals surface area contributed by atoms with Crippen molar-refractivity contribution in [2.45, 2.75) is 12.8 Å². The summed E-state index contributed by atoms with van der Waals surface area (Å²) in [6.07, 6.45) is 3.94. The molecule has 0 saturated heterocycles. The van der Waals surface area contributed by atoms with Crippen molar-refractivity contribution in [1.82, 2.24) is 0 Å². The lowest BCUT2D eigenvalue weighted by Gasteiger charge is -2.12. The summed E-state index contributed by atoms with van der Waals surface area (Å²) in [6, 6.07) is 11.9. The average molecular weight is 315 g/mol. The van der Waals surface area contributed by atoms with Crippen molar-refractivity contribution in [3.05, 3.63) is 53.9 Å². The third kappa shape index (κ3) is 4.09. The van der Waals surface area contributed by atoms with Crippen LogP contribution in [0, 0.1) is 6.42 Å². The van der Waals surface area contributed by atoms with Gasteiger partial charge in [0.05, 0.1) is 28.4 Å². The molecule has 0 aliphatic carbocycles. The normalized spacial score (nSPS) is 10.3. The van der Waals surface area contributed by atoms with Crippen LogP contribution in [-0.4, -0.2) is 28.4 Å². The lowest BCUT2D eigenvalue weighted by molar-refractivity contribution is 0.353. The molecule has 0 N–H and O–H groups in total. The van der Waals surface area contributed by atoms with E-state index in [9.17, 15) is 0 Å². The maximum Gasteiger partial charge on any atom is 0.164 e. The van der Waals surface area contributed by atoms with Crippen LogP contribution in [-0.2, 0) is 6.42 Å². The van der Waals surface area contributed by atoms with E-state index in [4.69, 9.17) is 18.9 Å². The van der Waals surface area contributed by atoms with Gasteiger partial charge in [0.15, 0.2) is 23.0 Å². The highest BCUT2D eigenvalue weighted by Gasteiger charge is 2.10. The van der Waals surface area contributed by atoms with Crippen LogP contribution in [0.1, 0.15) is 17.5 Å². The molecule has 0 atom stereocenters. The van der Waals surface area contributed by atoms with Crippen molar-refractivity contribution in [3.63, 3.8) is 0 Å². The summed E-state index contributed by atoms with van der Waals surface area (Å²) < 4.78 is 21.4. The van der Waals surface area contributed by atoms with Gasteiger partial charge in [0.25, 0.3) is 0 Å². The number of methoxy groups -OCH3 is 4. The van der Waals surface area contributed by atoms with E-state index < -0.39 is 0 Å². The molecule has 0 heterocycles. The molecule has 0 saturated carbocycles. The summed E-state index contributed by atoms with van der Waals surface area (Å²) in [7, 11) is 6.59. The van der Waals surface area contributed by atoms with Crippen LogP contribution in [0.4, 0.5) is 0 Å². The fourth-order valence-electron chi connectivity index (χ4n) is 2.50. The molecule has 0 unspecified atom stereocenters. The van der Waals surface area contributed by atoms with Gasteiger partial charge in [-0.2, -0.15) is 0 Å². The predicted molar refractivity (Wildman–Crippen MR) is 90.8 cm³/mol. The van der Waals surface area contributed by atoms with Crippen LogP contribution in [0.5, 0.6) is 23.0 Å². The van der Waals surface area contributed by atoms with Crippen molar-refractivity contribution in [1.29, 1.82) is 0 Å². The first-order valence-electron chi connectivity index (χ1n) is 7.48. The summed E-state index contributed by atoms with van der Waals surface area (Å²) in [5.41, 5.74) is 2.23. The Labute approximate surface area is 137 Å². The van der Waals surface area contributed by atoms with Gasteiger partial charge in [-0.3, -0.25) is 0 Å². The lowest BCUT2D eigenvalue weighted by atomic mass is 10.0. The fourth-order valence-corrected chi connectivity index (χ4v) is 2.50. The quantitative estimate of drug-likeness (QED) is 0.740. The van der Waals surface area contributed by atoms with Crippen LogP contribution in [0.25, 0.3) is 0 Å². The molecule has 0 fully saturated rings. The van der Waals surface area contributed by atoms with Gasteiger partial charge in [0, 0.05) is 5.56 Å². The molecule has 4 nitrogen and oxygen atoms in total. The van der Waals surface area contributed by atoms with Crippen molar-refractivity contribution in [2.75, 3.05) is 28.4 Å². The number of rotatable bonds is 8. The Morgan fingerprint density at radius 1 is 0.783 bits per heavy atom. The van der Waals surface area contributed by atoms with Gasteiger partial charge in [-0.1, -0.05) is 18.2 Å². The van der Waals surface area contributed by atoms with E-state index in [0.29, 0.717) is 0 Å². The molecule has 0 amide bonds. The van der Waals surface area contributed by atoms with E-state index in [-0.39, 0.29) is 0 Å². The summed E-state index contributed by atoms with van der Waals surface area (Å²) in [5.74, 6) is 3.01. The van der Waals surface area contributed by atoms with Gasteiger partial charge in [-0.15, -0.1) is 0 Å². The largest absolute Gasteiger partial charge is 0.493 e. The third-order valence-corrected chi connectivity index (χ3v) is 3.68. The minimum Gasteiger partial charge on any atom is -0.493 e. The molecule has 0 spiro atoms. The molecule has 0 aromatic heterocycles. The van der Waals surface area contributed by atoms with Crippen LogP contribution in [0.2, 0.25) is 0 Å². The number of aryl methyl sites for hydroxylation is 1. The van der Waals surface area contributed by atoms with E-state index >= 15 is 0 Å². The smallest absolute Gasteiger partial charge is 0.164 e. The number of benzene rings is 2. The topological polar surface area (TPSA) is 36.9 Å². The molecule has 4 heteroatoms. The Balaban J connectivity index is 2.03. The molecule has 0 bridgehead atoms. The van der Waals surface area contributed by atoms with Crippen molar-refractivity contribution in [2.24, 2.45) is 0 Å². The van der Waals surface area contributed by atoms with Crippen LogP contribution < -0.4 is 18.9 Å². The highest BCUT2D eigenvalue weighted by atomic mass is 16.5. The van der Waals surface area contributed by atoms with Gasteiger partial charge < -0.3 is 18.9 Å². The molecule has 2 aromatic rings. The van der Waals surface area contributed by atoms with E-state index in [2.05, 4.69) is 12.5 Å². The number of para-hydroxylation sites is 1. The van der Waals surface area contributed by atoms with E-state index in [1.54, 1.807) is 28.4 Å². The standard InChI is InChI=1S/C19H23O4/c1-20-16-12-11-14(13-18(16)22-3)7-5-8-15-9-6-10-17(21-2)19(15)23-4/h6,8-13H,5,7H2,1-4H3. The van der Waals surface area contributed by atoms with Gasteiger partial charge in [-0.25, -0.2) is 0 Å². The first-order valence-corrected chi connectivity index (χ1v) is 7.48. The second-order valence-electron chi connectivity index (χ2n) is 5.01. The summed E-state index contributed by atoms with van der Waals surface area (Å²) >= 11 is 0. The molecule has 0 aliphatic rings. The van der Waals surface area contributed by atoms with Crippen LogP contribution in [0.15, 0.2) is 36.4 Å². The first-order chi connectivity index (χ1) is 11.2. The van der Waals surface area contributed by atoms with Crippen LogP contribution in [0.3, 0.4) is 0 Å². The number of hydrogen-bond acceptors (Lipinski definition) is 4. The monoisotopic (exact) mass is 315 g/mol. The van der Waals surface area contributed by atoms with Gasteiger partial charge in [-0.05, 0) is 43.0 Å². The number of ether oxygens (including phenoxy) is 4.